The first kappa shape index (κ1) is 15.7. The molecule has 0 radical (unpaired) electrons. The van der Waals surface area contributed by atoms with Crippen LogP contribution in [0, 0.1) is 5.82 Å². The van der Waals surface area contributed by atoms with Crippen molar-refractivity contribution in [3.05, 3.63) is 69.9 Å². The predicted octanol–water partition coefficient (Wildman–Crippen LogP) is 4.64. The smallest absolute Gasteiger partial charge is 0.255 e. The van der Waals surface area contributed by atoms with Gasteiger partial charge in [0.15, 0.2) is 0 Å². The van der Waals surface area contributed by atoms with Crippen molar-refractivity contribution in [3.8, 4) is 0 Å². The van der Waals surface area contributed by atoms with Gasteiger partial charge in [0.2, 0.25) is 0 Å². The molecule has 0 heterocycles. The van der Waals surface area contributed by atoms with Gasteiger partial charge in [0.25, 0.3) is 5.91 Å². The van der Waals surface area contributed by atoms with Gasteiger partial charge in [0.1, 0.15) is 5.82 Å². The van der Waals surface area contributed by atoms with Crippen molar-refractivity contribution in [2.24, 2.45) is 0 Å². The zero-order valence-corrected chi connectivity index (χ0v) is 13.4. The third kappa shape index (κ3) is 4.14. The van der Waals surface area contributed by atoms with E-state index in [1.807, 2.05) is 37.3 Å². The molecule has 2 aromatic carbocycles. The van der Waals surface area contributed by atoms with E-state index in [1.54, 1.807) is 4.90 Å². The number of halogens is 2. The number of carbonyl (C=O) groups is 1. The fourth-order valence-corrected chi connectivity index (χ4v) is 2.68. The molecule has 110 valence electrons. The Morgan fingerprint density at radius 2 is 1.90 bits per heavy atom. The third-order valence-electron chi connectivity index (χ3n) is 3.16. The number of hydrogen-bond acceptors (Lipinski definition) is 1. The van der Waals surface area contributed by atoms with Crippen molar-refractivity contribution in [3.63, 3.8) is 0 Å². The maximum Gasteiger partial charge on any atom is 0.255 e. The van der Waals surface area contributed by atoms with Gasteiger partial charge in [-0.25, -0.2) is 4.39 Å². The van der Waals surface area contributed by atoms with Crippen molar-refractivity contribution < 1.29 is 9.18 Å². The first-order chi connectivity index (χ1) is 10.1. The van der Waals surface area contributed by atoms with Crippen LogP contribution in [0.25, 0.3) is 0 Å². The third-order valence-corrected chi connectivity index (χ3v) is 3.81. The monoisotopic (exact) mass is 349 g/mol. The maximum absolute atomic E-state index is 13.2. The lowest BCUT2D eigenvalue weighted by molar-refractivity contribution is 0.0742. The summed E-state index contributed by atoms with van der Waals surface area (Å²) in [5.74, 6) is -0.448. The molecule has 0 saturated carbocycles. The minimum atomic E-state index is -0.358. The van der Waals surface area contributed by atoms with E-state index < -0.39 is 0 Å². The SMILES string of the molecule is CCCN(Cc1ccccc1)C(=O)c1ccc(F)cc1Br. The van der Waals surface area contributed by atoms with Gasteiger partial charge in [-0.3, -0.25) is 4.79 Å². The molecule has 0 bridgehead atoms. The molecule has 0 aliphatic carbocycles. The molecule has 4 heteroatoms. The van der Waals surface area contributed by atoms with Crippen molar-refractivity contribution >= 4 is 21.8 Å². The van der Waals surface area contributed by atoms with E-state index in [0.29, 0.717) is 23.1 Å². The first-order valence-corrected chi connectivity index (χ1v) is 7.69. The second-order valence-corrected chi connectivity index (χ2v) is 5.69. The molecule has 2 nitrogen and oxygen atoms in total. The Morgan fingerprint density at radius 3 is 2.52 bits per heavy atom. The summed E-state index contributed by atoms with van der Waals surface area (Å²) in [5.41, 5.74) is 1.57. The standard InChI is InChI=1S/C17H17BrFNO/c1-2-10-20(12-13-6-4-3-5-7-13)17(21)15-9-8-14(19)11-16(15)18/h3-9,11H,2,10,12H2,1H3. The van der Waals surface area contributed by atoms with E-state index in [2.05, 4.69) is 15.9 Å². The molecule has 0 aliphatic rings. The minimum absolute atomic E-state index is 0.0902. The van der Waals surface area contributed by atoms with Gasteiger partial charge in [-0.15, -0.1) is 0 Å². The van der Waals surface area contributed by atoms with Crippen LogP contribution in [0.3, 0.4) is 0 Å². The molecule has 0 aliphatic heterocycles. The summed E-state index contributed by atoms with van der Waals surface area (Å²) in [5, 5.41) is 0. The van der Waals surface area contributed by atoms with Crippen LogP contribution >= 0.6 is 15.9 Å². The Morgan fingerprint density at radius 1 is 1.19 bits per heavy atom. The maximum atomic E-state index is 13.2. The number of rotatable bonds is 5. The van der Waals surface area contributed by atoms with Crippen LogP contribution in [-0.2, 0) is 6.54 Å². The Balaban J connectivity index is 2.23. The second kappa shape index (κ2) is 7.36. The molecular weight excluding hydrogens is 333 g/mol. The van der Waals surface area contributed by atoms with Crippen LogP contribution in [-0.4, -0.2) is 17.4 Å². The Bertz CT molecular complexity index is 615. The summed E-state index contributed by atoms with van der Waals surface area (Å²) in [6, 6.07) is 14.0. The van der Waals surface area contributed by atoms with Crippen molar-refractivity contribution in [1.29, 1.82) is 0 Å². The van der Waals surface area contributed by atoms with Gasteiger partial charge in [0, 0.05) is 17.6 Å². The molecule has 21 heavy (non-hydrogen) atoms. The highest BCUT2D eigenvalue weighted by molar-refractivity contribution is 9.10. The Labute approximate surface area is 132 Å². The largest absolute Gasteiger partial charge is 0.334 e. The van der Waals surface area contributed by atoms with Crippen LogP contribution in [0.15, 0.2) is 53.0 Å². The van der Waals surface area contributed by atoms with Gasteiger partial charge >= 0.3 is 0 Å². The highest BCUT2D eigenvalue weighted by Crippen LogP contribution is 2.21. The average molecular weight is 350 g/mol. The van der Waals surface area contributed by atoms with Gasteiger partial charge < -0.3 is 4.90 Å². The van der Waals surface area contributed by atoms with Gasteiger partial charge in [-0.05, 0) is 46.1 Å². The number of benzene rings is 2. The molecule has 0 N–H and O–H groups in total. The minimum Gasteiger partial charge on any atom is -0.334 e. The molecule has 1 amide bonds. The zero-order chi connectivity index (χ0) is 15.2. The fraction of sp³-hybridized carbons (Fsp3) is 0.235. The quantitative estimate of drug-likeness (QED) is 0.769. The number of amides is 1. The average Bonchev–Trinajstić information content (AvgIpc) is 2.47. The summed E-state index contributed by atoms with van der Waals surface area (Å²) in [4.78, 5) is 14.4. The summed E-state index contributed by atoms with van der Waals surface area (Å²) in [6.07, 6.45) is 0.872. The second-order valence-electron chi connectivity index (χ2n) is 4.84. The number of hydrogen-bond donors (Lipinski definition) is 0. The molecule has 0 fully saturated rings. The van der Waals surface area contributed by atoms with Gasteiger partial charge in [0.05, 0.1) is 5.56 Å². The summed E-state index contributed by atoms with van der Waals surface area (Å²) >= 11 is 3.27. The molecule has 0 saturated heterocycles. The van der Waals surface area contributed by atoms with E-state index in [0.717, 1.165) is 12.0 Å². The molecular formula is C17H17BrFNO. The van der Waals surface area contributed by atoms with E-state index in [4.69, 9.17) is 0 Å². The molecule has 0 spiro atoms. The summed E-state index contributed by atoms with van der Waals surface area (Å²) in [7, 11) is 0. The number of carbonyl (C=O) groups excluding carboxylic acids is 1. The molecule has 2 rings (SSSR count). The van der Waals surface area contributed by atoms with E-state index in [1.165, 1.54) is 18.2 Å². The molecule has 0 unspecified atom stereocenters. The van der Waals surface area contributed by atoms with Crippen molar-refractivity contribution in [1.82, 2.24) is 4.90 Å². The Kier molecular flexibility index (Phi) is 5.51. The topological polar surface area (TPSA) is 20.3 Å². The van der Waals surface area contributed by atoms with E-state index >= 15 is 0 Å². The van der Waals surface area contributed by atoms with Crippen LogP contribution < -0.4 is 0 Å². The lowest BCUT2D eigenvalue weighted by Crippen LogP contribution is -2.31. The van der Waals surface area contributed by atoms with Gasteiger partial charge in [-0.2, -0.15) is 0 Å². The van der Waals surface area contributed by atoms with Crippen molar-refractivity contribution in [2.75, 3.05) is 6.54 Å². The number of nitrogens with zero attached hydrogens (tertiary/aromatic N) is 1. The van der Waals surface area contributed by atoms with E-state index in [-0.39, 0.29) is 11.7 Å². The predicted molar refractivity (Wildman–Crippen MR) is 85.6 cm³/mol. The fourth-order valence-electron chi connectivity index (χ4n) is 2.16. The Hall–Kier alpha value is -1.68. The first-order valence-electron chi connectivity index (χ1n) is 6.90. The summed E-state index contributed by atoms with van der Waals surface area (Å²) in [6.45, 7) is 3.25. The normalized spacial score (nSPS) is 10.4. The van der Waals surface area contributed by atoms with Crippen LogP contribution in [0.2, 0.25) is 0 Å². The lowest BCUT2D eigenvalue weighted by Gasteiger charge is -2.23. The molecule has 2 aromatic rings. The zero-order valence-electron chi connectivity index (χ0n) is 11.9. The van der Waals surface area contributed by atoms with Crippen molar-refractivity contribution in [2.45, 2.75) is 19.9 Å². The summed E-state index contributed by atoms with van der Waals surface area (Å²) < 4.78 is 13.6. The lowest BCUT2D eigenvalue weighted by atomic mass is 10.1. The highest BCUT2D eigenvalue weighted by atomic mass is 79.9. The van der Waals surface area contributed by atoms with Crippen LogP contribution in [0.1, 0.15) is 29.3 Å². The molecule has 0 atom stereocenters. The van der Waals surface area contributed by atoms with Crippen LogP contribution in [0.4, 0.5) is 4.39 Å². The van der Waals surface area contributed by atoms with E-state index in [9.17, 15) is 9.18 Å². The molecule has 0 aromatic heterocycles. The van der Waals surface area contributed by atoms with Crippen LogP contribution in [0.5, 0.6) is 0 Å². The highest BCUT2D eigenvalue weighted by Gasteiger charge is 2.18. The van der Waals surface area contributed by atoms with Gasteiger partial charge in [-0.1, -0.05) is 37.3 Å².